The highest BCUT2D eigenvalue weighted by Crippen LogP contribution is 2.40. The molecule has 118 valence electrons. The van der Waals surface area contributed by atoms with Gasteiger partial charge in [-0.15, -0.1) is 0 Å². The Labute approximate surface area is 127 Å². The Bertz CT molecular complexity index is 415. The largest absolute Gasteiger partial charge is 0.493 e. The number of nitrogens with one attached hydrogen (secondary N) is 1. The van der Waals surface area contributed by atoms with Crippen molar-refractivity contribution in [3.05, 3.63) is 12.1 Å². The summed E-state index contributed by atoms with van der Waals surface area (Å²) in [6.07, 6.45) is 9.18. The van der Waals surface area contributed by atoms with E-state index in [9.17, 15) is 0 Å². The van der Waals surface area contributed by atoms with Crippen molar-refractivity contribution in [3.63, 3.8) is 0 Å². The average molecular weight is 293 g/mol. The van der Waals surface area contributed by atoms with E-state index in [1.54, 1.807) is 21.3 Å². The molecular formula is C17H27NO3. The number of benzene rings is 1. The number of anilines is 1. The lowest BCUT2D eigenvalue weighted by Gasteiger charge is -2.23. The quantitative estimate of drug-likeness (QED) is 0.881. The SMILES string of the molecule is COc1cc(NC2CCCCCCC2)cc(OC)c1OC. The van der Waals surface area contributed by atoms with Crippen molar-refractivity contribution < 1.29 is 14.2 Å². The predicted molar refractivity (Wildman–Crippen MR) is 85.8 cm³/mol. The van der Waals surface area contributed by atoms with Gasteiger partial charge in [0.15, 0.2) is 11.5 Å². The van der Waals surface area contributed by atoms with E-state index in [1.807, 2.05) is 12.1 Å². The molecule has 1 aliphatic rings. The summed E-state index contributed by atoms with van der Waals surface area (Å²) in [5.74, 6) is 2.04. The molecule has 0 unspecified atom stereocenters. The maximum Gasteiger partial charge on any atom is 0.203 e. The van der Waals surface area contributed by atoms with E-state index < -0.39 is 0 Å². The van der Waals surface area contributed by atoms with Crippen LogP contribution in [0.25, 0.3) is 0 Å². The second kappa shape index (κ2) is 8.01. The number of ether oxygens (including phenoxy) is 3. The summed E-state index contributed by atoms with van der Waals surface area (Å²) in [6.45, 7) is 0. The molecule has 4 heteroatoms. The molecule has 1 aromatic rings. The highest BCUT2D eigenvalue weighted by molar-refractivity contribution is 5.62. The standard InChI is InChI=1S/C17H27NO3/c1-19-15-11-14(12-16(20-2)17(15)21-3)18-13-9-7-5-4-6-8-10-13/h11-13,18H,4-10H2,1-3H3. The summed E-state index contributed by atoms with van der Waals surface area (Å²) in [6, 6.07) is 4.51. The molecule has 0 aromatic heterocycles. The van der Waals surface area contributed by atoms with Crippen molar-refractivity contribution in [2.75, 3.05) is 26.6 Å². The average Bonchev–Trinajstić information content (AvgIpc) is 2.48. The van der Waals surface area contributed by atoms with Gasteiger partial charge >= 0.3 is 0 Å². The van der Waals surface area contributed by atoms with Crippen LogP contribution in [0.2, 0.25) is 0 Å². The Kier molecular flexibility index (Phi) is 6.03. The van der Waals surface area contributed by atoms with Crippen LogP contribution in [0.4, 0.5) is 5.69 Å². The normalized spacial score (nSPS) is 16.7. The van der Waals surface area contributed by atoms with Gasteiger partial charge in [-0.25, -0.2) is 0 Å². The van der Waals surface area contributed by atoms with Crippen LogP contribution in [0.1, 0.15) is 44.9 Å². The van der Waals surface area contributed by atoms with Crippen LogP contribution in [-0.2, 0) is 0 Å². The van der Waals surface area contributed by atoms with Crippen LogP contribution in [0.3, 0.4) is 0 Å². The van der Waals surface area contributed by atoms with E-state index in [1.165, 1.54) is 44.9 Å². The fraction of sp³-hybridized carbons (Fsp3) is 0.647. The van der Waals surface area contributed by atoms with Crippen molar-refractivity contribution in [2.24, 2.45) is 0 Å². The Balaban J connectivity index is 2.14. The molecule has 1 aromatic carbocycles. The van der Waals surface area contributed by atoms with Crippen LogP contribution in [0.15, 0.2) is 12.1 Å². The molecule has 0 heterocycles. The molecule has 21 heavy (non-hydrogen) atoms. The molecule has 1 fully saturated rings. The van der Waals surface area contributed by atoms with Crippen molar-refractivity contribution >= 4 is 5.69 Å². The van der Waals surface area contributed by atoms with Crippen LogP contribution < -0.4 is 19.5 Å². The van der Waals surface area contributed by atoms with Crippen molar-refractivity contribution in [1.82, 2.24) is 0 Å². The first-order valence-electron chi connectivity index (χ1n) is 7.85. The second-order valence-electron chi connectivity index (χ2n) is 5.60. The van der Waals surface area contributed by atoms with Crippen LogP contribution >= 0.6 is 0 Å². The van der Waals surface area contributed by atoms with Gasteiger partial charge in [-0.2, -0.15) is 0 Å². The maximum absolute atomic E-state index is 5.41. The predicted octanol–water partition coefficient (Wildman–Crippen LogP) is 4.24. The highest BCUT2D eigenvalue weighted by Gasteiger charge is 2.16. The van der Waals surface area contributed by atoms with Gasteiger partial charge in [-0.3, -0.25) is 0 Å². The minimum Gasteiger partial charge on any atom is -0.493 e. The molecular weight excluding hydrogens is 266 g/mol. The highest BCUT2D eigenvalue weighted by atomic mass is 16.5. The topological polar surface area (TPSA) is 39.7 Å². The summed E-state index contributed by atoms with van der Waals surface area (Å²) in [5, 5.41) is 3.63. The van der Waals surface area contributed by atoms with E-state index in [-0.39, 0.29) is 0 Å². The number of hydrogen-bond donors (Lipinski definition) is 1. The lowest BCUT2D eigenvalue weighted by Crippen LogP contribution is -2.20. The van der Waals surface area contributed by atoms with E-state index in [2.05, 4.69) is 5.32 Å². The van der Waals surface area contributed by atoms with E-state index in [0.29, 0.717) is 23.3 Å². The van der Waals surface area contributed by atoms with Gasteiger partial charge in [0.05, 0.1) is 21.3 Å². The van der Waals surface area contributed by atoms with Gasteiger partial charge in [0.2, 0.25) is 5.75 Å². The van der Waals surface area contributed by atoms with E-state index in [0.717, 1.165) is 5.69 Å². The van der Waals surface area contributed by atoms with Crippen molar-refractivity contribution in [1.29, 1.82) is 0 Å². The second-order valence-corrected chi connectivity index (χ2v) is 5.60. The first-order chi connectivity index (χ1) is 10.3. The fourth-order valence-electron chi connectivity index (χ4n) is 3.00. The summed E-state index contributed by atoms with van der Waals surface area (Å²) < 4.78 is 16.2. The smallest absolute Gasteiger partial charge is 0.203 e. The van der Waals surface area contributed by atoms with Crippen molar-refractivity contribution in [3.8, 4) is 17.2 Å². The lowest BCUT2D eigenvalue weighted by atomic mass is 9.96. The molecule has 0 saturated heterocycles. The lowest BCUT2D eigenvalue weighted by molar-refractivity contribution is 0.324. The zero-order valence-electron chi connectivity index (χ0n) is 13.4. The molecule has 0 radical (unpaired) electrons. The Morgan fingerprint density at radius 2 is 1.33 bits per heavy atom. The molecule has 1 aliphatic carbocycles. The molecule has 0 spiro atoms. The van der Waals surface area contributed by atoms with Gasteiger partial charge in [0.1, 0.15) is 0 Å². The zero-order valence-corrected chi connectivity index (χ0v) is 13.4. The Morgan fingerprint density at radius 3 is 1.81 bits per heavy atom. The number of hydrogen-bond acceptors (Lipinski definition) is 4. The van der Waals surface area contributed by atoms with Gasteiger partial charge in [-0.1, -0.05) is 32.1 Å². The summed E-state index contributed by atoms with van der Waals surface area (Å²) in [4.78, 5) is 0. The van der Waals surface area contributed by atoms with Crippen LogP contribution in [0.5, 0.6) is 17.2 Å². The summed E-state index contributed by atoms with van der Waals surface area (Å²) >= 11 is 0. The molecule has 1 saturated carbocycles. The fourth-order valence-corrected chi connectivity index (χ4v) is 3.00. The number of rotatable bonds is 5. The van der Waals surface area contributed by atoms with Gasteiger partial charge in [0, 0.05) is 23.9 Å². The molecule has 2 rings (SSSR count). The third-order valence-electron chi connectivity index (χ3n) is 4.14. The third kappa shape index (κ3) is 4.19. The van der Waals surface area contributed by atoms with E-state index in [4.69, 9.17) is 14.2 Å². The minimum atomic E-state index is 0.535. The molecule has 0 bridgehead atoms. The van der Waals surface area contributed by atoms with Crippen LogP contribution in [0, 0.1) is 0 Å². The molecule has 1 N–H and O–H groups in total. The first kappa shape index (κ1) is 15.8. The third-order valence-corrected chi connectivity index (χ3v) is 4.14. The van der Waals surface area contributed by atoms with Crippen molar-refractivity contribution in [2.45, 2.75) is 51.0 Å². The monoisotopic (exact) mass is 293 g/mol. The minimum absolute atomic E-state index is 0.535. The summed E-state index contributed by atoms with van der Waals surface area (Å²) in [5.41, 5.74) is 1.04. The Hall–Kier alpha value is -1.58. The molecule has 0 atom stereocenters. The van der Waals surface area contributed by atoms with E-state index >= 15 is 0 Å². The van der Waals surface area contributed by atoms with Gasteiger partial charge in [0.25, 0.3) is 0 Å². The van der Waals surface area contributed by atoms with Gasteiger partial charge < -0.3 is 19.5 Å². The first-order valence-corrected chi connectivity index (χ1v) is 7.85. The molecule has 0 aliphatic heterocycles. The Morgan fingerprint density at radius 1 is 0.810 bits per heavy atom. The summed E-state index contributed by atoms with van der Waals surface area (Å²) in [7, 11) is 4.93. The van der Waals surface area contributed by atoms with Gasteiger partial charge in [-0.05, 0) is 12.8 Å². The maximum atomic E-state index is 5.41. The number of methoxy groups -OCH3 is 3. The molecule has 0 amide bonds. The molecule has 4 nitrogen and oxygen atoms in total. The zero-order chi connectivity index (χ0) is 15.1. The van der Waals surface area contributed by atoms with Crippen LogP contribution in [-0.4, -0.2) is 27.4 Å².